The van der Waals surface area contributed by atoms with Crippen molar-refractivity contribution in [2.45, 2.75) is 18.8 Å². The summed E-state index contributed by atoms with van der Waals surface area (Å²) in [4.78, 5) is 0. The summed E-state index contributed by atoms with van der Waals surface area (Å²) in [5.41, 5.74) is 1.05. The molecule has 1 saturated heterocycles. The minimum atomic E-state index is -0.611. The molecule has 0 aliphatic carbocycles. The molecule has 0 amide bonds. The van der Waals surface area contributed by atoms with Gasteiger partial charge in [-0.2, -0.15) is 0 Å². The van der Waals surface area contributed by atoms with Crippen molar-refractivity contribution in [1.29, 1.82) is 0 Å². The van der Waals surface area contributed by atoms with Crippen molar-refractivity contribution in [3.63, 3.8) is 0 Å². The zero-order chi connectivity index (χ0) is 10.0. The third-order valence-corrected chi connectivity index (χ3v) is 2.46. The maximum atomic E-state index is 5.74. The van der Waals surface area contributed by atoms with Crippen LogP contribution in [-0.2, 0) is 15.3 Å². The van der Waals surface area contributed by atoms with Crippen LogP contribution >= 0.6 is 0 Å². The Kier molecular flexibility index (Phi) is 2.40. The molecule has 2 unspecified atom stereocenters. The largest absolute Gasteiger partial charge is 0.343 e. The van der Waals surface area contributed by atoms with E-state index in [-0.39, 0.29) is 6.10 Å². The van der Waals surface area contributed by atoms with Gasteiger partial charge in [0.1, 0.15) is 6.10 Å². The van der Waals surface area contributed by atoms with Gasteiger partial charge in [0.25, 0.3) is 0 Å². The molecule has 0 radical (unpaired) electrons. The molecule has 1 heterocycles. The van der Waals surface area contributed by atoms with Crippen LogP contribution in [0.1, 0.15) is 12.5 Å². The molecule has 1 aromatic rings. The van der Waals surface area contributed by atoms with E-state index in [1.54, 1.807) is 6.08 Å². The highest BCUT2D eigenvalue weighted by atomic mass is 16.7. The van der Waals surface area contributed by atoms with Crippen LogP contribution in [0, 0.1) is 0 Å². The molecule has 0 spiro atoms. The summed E-state index contributed by atoms with van der Waals surface area (Å²) in [7, 11) is 0. The Labute approximate surface area is 84.2 Å². The lowest BCUT2D eigenvalue weighted by Crippen LogP contribution is -2.23. The molecule has 0 N–H and O–H groups in total. The molecule has 0 saturated carbocycles. The van der Waals surface area contributed by atoms with E-state index in [1.807, 2.05) is 37.3 Å². The normalized spacial score (nSPS) is 31.6. The Bertz CT molecular complexity index is 320. The van der Waals surface area contributed by atoms with Gasteiger partial charge in [0.15, 0.2) is 5.79 Å². The maximum Gasteiger partial charge on any atom is 0.192 e. The maximum absolute atomic E-state index is 5.74. The molecule has 74 valence electrons. The van der Waals surface area contributed by atoms with Crippen LogP contribution in [0.25, 0.3) is 0 Å². The second kappa shape index (κ2) is 3.56. The smallest absolute Gasteiger partial charge is 0.192 e. The van der Waals surface area contributed by atoms with Crippen LogP contribution in [0.4, 0.5) is 0 Å². The molecular formula is C12H14O2. The van der Waals surface area contributed by atoms with Crippen molar-refractivity contribution in [1.82, 2.24) is 0 Å². The number of hydrogen-bond donors (Lipinski definition) is 0. The summed E-state index contributed by atoms with van der Waals surface area (Å²) in [6.07, 6.45) is 1.77. The second-order valence-corrected chi connectivity index (χ2v) is 3.51. The molecule has 0 bridgehead atoms. The lowest BCUT2D eigenvalue weighted by atomic mass is 10.1. The molecule has 1 aliphatic rings. The highest BCUT2D eigenvalue weighted by Gasteiger charge is 2.37. The van der Waals surface area contributed by atoms with Crippen molar-refractivity contribution in [3.8, 4) is 0 Å². The van der Waals surface area contributed by atoms with E-state index >= 15 is 0 Å². The Balaban J connectivity index is 2.22. The first-order chi connectivity index (χ1) is 6.74. The topological polar surface area (TPSA) is 18.5 Å². The summed E-state index contributed by atoms with van der Waals surface area (Å²) in [5.74, 6) is -0.611. The zero-order valence-corrected chi connectivity index (χ0v) is 8.27. The summed E-state index contributed by atoms with van der Waals surface area (Å²) in [6.45, 7) is 6.21. The van der Waals surface area contributed by atoms with E-state index in [0.717, 1.165) is 5.56 Å². The van der Waals surface area contributed by atoms with Gasteiger partial charge >= 0.3 is 0 Å². The SMILES string of the molecule is C=CC1COC(C)(c2ccccc2)O1. The third-order valence-electron chi connectivity index (χ3n) is 2.46. The lowest BCUT2D eigenvalue weighted by molar-refractivity contribution is -0.157. The minimum absolute atomic E-state index is 0.000191. The van der Waals surface area contributed by atoms with Gasteiger partial charge in [0.05, 0.1) is 6.61 Å². The van der Waals surface area contributed by atoms with Gasteiger partial charge in [-0.05, 0) is 6.92 Å². The van der Waals surface area contributed by atoms with E-state index in [4.69, 9.17) is 9.47 Å². The lowest BCUT2D eigenvalue weighted by Gasteiger charge is -2.23. The van der Waals surface area contributed by atoms with Gasteiger partial charge in [-0.15, -0.1) is 6.58 Å². The van der Waals surface area contributed by atoms with Crippen LogP contribution in [-0.4, -0.2) is 12.7 Å². The first kappa shape index (κ1) is 9.44. The molecule has 2 heteroatoms. The number of ether oxygens (including phenoxy) is 2. The molecule has 2 rings (SSSR count). The second-order valence-electron chi connectivity index (χ2n) is 3.51. The van der Waals surface area contributed by atoms with E-state index < -0.39 is 5.79 Å². The van der Waals surface area contributed by atoms with E-state index in [2.05, 4.69) is 6.58 Å². The first-order valence-corrected chi connectivity index (χ1v) is 4.74. The summed E-state index contributed by atoms with van der Waals surface area (Å²) < 4.78 is 11.4. The Morgan fingerprint density at radius 1 is 1.43 bits per heavy atom. The first-order valence-electron chi connectivity index (χ1n) is 4.74. The van der Waals surface area contributed by atoms with Crippen LogP contribution in [0.2, 0.25) is 0 Å². The van der Waals surface area contributed by atoms with Crippen molar-refractivity contribution >= 4 is 0 Å². The Hall–Kier alpha value is -1.12. The number of rotatable bonds is 2. The van der Waals surface area contributed by atoms with Crippen LogP contribution in [0.15, 0.2) is 43.0 Å². The fourth-order valence-electron chi connectivity index (χ4n) is 1.61. The Morgan fingerprint density at radius 3 is 2.71 bits per heavy atom. The molecule has 14 heavy (non-hydrogen) atoms. The molecule has 1 aromatic carbocycles. The standard InChI is InChI=1S/C12H14O2/c1-3-11-9-13-12(2,14-11)10-7-5-4-6-8-10/h3-8,11H,1,9H2,2H3. The highest BCUT2D eigenvalue weighted by molar-refractivity contribution is 5.20. The van der Waals surface area contributed by atoms with Crippen molar-refractivity contribution in [2.75, 3.05) is 6.61 Å². The predicted octanol–water partition coefficient (Wildman–Crippen LogP) is 2.46. The molecule has 2 nitrogen and oxygen atoms in total. The van der Waals surface area contributed by atoms with Crippen molar-refractivity contribution in [3.05, 3.63) is 48.6 Å². The van der Waals surface area contributed by atoms with E-state index in [0.29, 0.717) is 6.61 Å². The number of hydrogen-bond acceptors (Lipinski definition) is 2. The molecule has 0 aromatic heterocycles. The van der Waals surface area contributed by atoms with E-state index in [9.17, 15) is 0 Å². The molecular weight excluding hydrogens is 176 g/mol. The average molecular weight is 190 g/mol. The summed E-state index contributed by atoms with van der Waals surface area (Å²) in [6, 6.07) is 9.95. The summed E-state index contributed by atoms with van der Waals surface area (Å²) in [5, 5.41) is 0. The predicted molar refractivity (Wildman–Crippen MR) is 54.8 cm³/mol. The van der Waals surface area contributed by atoms with Gasteiger partial charge in [-0.25, -0.2) is 0 Å². The van der Waals surface area contributed by atoms with Crippen LogP contribution in [0.3, 0.4) is 0 Å². The molecule has 1 aliphatic heterocycles. The van der Waals surface area contributed by atoms with Crippen LogP contribution < -0.4 is 0 Å². The average Bonchev–Trinajstić information content (AvgIpc) is 2.63. The highest BCUT2D eigenvalue weighted by Crippen LogP contribution is 2.33. The Morgan fingerprint density at radius 2 is 2.14 bits per heavy atom. The van der Waals surface area contributed by atoms with Crippen molar-refractivity contribution in [2.24, 2.45) is 0 Å². The minimum Gasteiger partial charge on any atom is -0.343 e. The fraction of sp³-hybridized carbons (Fsp3) is 0.333. The number of benzene rings is 1. The fourth-order valence-corrected chi connectivity index (χ4v) is 1.61. The third kappa shape index (κ3) is 1.59. The zero-order valence-electron chi connectivity index (χ0n) is 8.27. The molecule has 2 atom stereocenters. The molecule has 1 fully saturated rings. The van der Waals surface area contributed by atoms with Crippen molar-refractivity contribution < 1.29 is 9.47 Å². The van der Waals surface area contributed by atoms with Gasteiger partial charge in [0.2, 0.25) is 0 Å². The van der Waals surface area contributed by atoms with Gasteiger partial charge in [-0.3, -0.25) is 0 Å². The monoisotopic (exact) mass is 190 g/mol. The van der Waals surface area contributed by atoms with Gasteiger partial charge < -0.3 is 9.47 Å². The van der Waals surface area contributed by atoms with Gasteiger partial charge in [0, 0.05) is 5.56 Å². The summed E-state index contributed by atoms with van der Waals surface area (Å²) >= 11 is 0. The van der Waals surface area contributed by atoms with E-state index in [1.165, 1.54) is 0 Å². The van der Waals surface area contributed by atoms with Crippen LogP contribution in [0.5, 0.6) is 0 Å². The quantitative estimate of drug-likeness (QED) is 0.667. The van der Waals surface area contributed by atoms with Gasteiger partial charge in [-0.1, -0.05) is 36.4 Å².